The van der Waals surface area contributed by atoms with Crippen molar-refractivity contribution in [3.63, 3.8) is 0 Å². The third-order valence-electron chi connectivity index (χ3n) is 3.49. The van der Waals surface area contributed by atoms with Gasteiger partial charge in [-0.1, -0.05) is 29.3 Å². The monoisotopic (exact) mass is 285 g/mol. The van der Waals surface area contributed by atoms with Gasteiger partial charge in [-0.15, -0.1) is 0 Å². The summed E-state index contributed by atoms with van der Waals surface area (Å²) in [6.07, 6.45) is 0. The lowest BCUT2D eigenvalue weighted by atomic mass is 10.1. The van der Waals surface area contributed by atoms with Crippen LogP contribution < -0.4 is 14.8 Å². The van der Waals surface area contributed by atoms with Gasteiger partial charge in [0, 0.05) is 18.3 Å². The molecule has 1 N–H and O–H groups in total. The fourth-order valence-electron chi connectivity index (χ4n) is 2.54. The summed E-state index contributed by atoms with van der Waals surface area (Å²) >= 11 is 0. The van der Waals surface area contributed by atoms with Crippen molar-refractivity contribution in [2.75, 3.05) is 19.5 Å². The molecule has 21 heavy (non-hydrogen) atoms. The van der Waals surface area contributed by atoms with Crippen molar-refractivity contribution >= 4 is 5.69 Å². The maximum absolute atomic E-state index is 5.36. The van der Waals surface area contributed by atoms with Gasteiger partial charge in [-0.05, 0) is 38.0 Å². The lowest BCUT2D eigenvalue weighted by molar-refractivity contribution is 0.355. The average Bonchev–Trinajstić information content (AvgIpc) is 2.44. The van der Waals surface area contributed by atoms with Crippen LogP contribution in [0.4, 0.5) is 5.69 Å². The van der Waals surface area contributed by atoms with Crippen LogP contribution in [0.2, 0.25) is 0 Å². The van der Waals surface area contributed by atoms with Crippen molar-refractivity contribution in [2.24, 2.45) is 0 Å². The highest BCUT2D eigenvalue weighted by Gasteiger charge is 2.08. The van der Waals surface area contributed by atoms with Crippen molar-refractivity contribution in [3.8, 4) is 11.5 Å². The molecule has 112 valence electrons. The van der Waals surface area contributed by atoms with Gasteiger partial charge >= 0.3 is 0 Å². The fraction of sp³-hybridized carbons (Fsp3) is 0.333. The lowest BCUT2D eigenvalue weighted by Gasteiger charge is -2.15. The SMILES string of the molecule is COc1cc(C)c(NCc2cc(C)cc(C)c2)cc1OC. The highest BCUT2D eigenvalue weighted by atomic mass is 16.5. The molecule has 0 saturated heterocycles. The Morgan fingerprint density at radius 3 is 1.95 bits per heavy atom. The third-order valence-corrected chi connectivity index (χ3v) is 3.49. The van der Waals surface area contributed by atoms with Crippen LogP contribution >= 0.6 is 0 Å². The van der Waals surface area contributed by atoms with Crippen LogP contribution in [0.3, 0.4) is 0 Å². The van der Waals surface area contributed by atoms with Crippen molar-refractivity contribution < 1.29 is 9.47 Å². The normalized spacial score (nSPS) is 10.3. The molecule has 0 aromatic heterocycles. The third kappa shape index (κ3) is 3.69. The Labute approximate surface area is 126 Å². The van der Waals surface area contributed by atoms with Crippen LogP contribution in [0.25, 0.3) is 0 Å². The smallest absolute Gasteiger partial charge is 0.162 e. The quantitative estimate of drug-likeness (QED) is 0.891. The standard InChI is InChI=1S/C18H23NO2/c1-12-6-13(2)8-15(7-12)11-19-16-10-18(21-5)17(20-4)9-14(16)3/h6-10,19H,11H2,1-5H3. The van der Waals surface area contributed by atoms with Crippen LogP contribution in [0.15, 0.2) is 30.3 Å². The average molecular weight is 285 g/mol. The van der Waals surface area contributed by atoms with Gasteiger partial charge in [0.05, 0.1) is 14.2 Å². The first-order valence-electron chi connectivity index (χ1n) is 7.07. The fourth-order valence-corrected chi connectivity index (χ4v) is 2.54. The molecule has 0 heterocycles. The minimum Gasteiger partial charge on any atom is -0.493 e. The van der Waals surface area contributed by atoms with Crippen LogP contribution in [-0.2, 0) is 6.54 Å². The highest BCUT2D eigenvalue weighted by molar-refractivity contribution is 5.60. The first kappa shape index (κ1) is 15.2. The van der Waals surface area contributed by atoms with Crippen LogP contribution in [0.1, 0.15) is 22.3 Å². The van der Waals surface area contributed by atoms with E-state index in [0.717, 1.165) is 29.3 Å². The van der Waals surface area contributed by atoms with Crippen LogP contribution in [-0.4, -0.2) is 14.2 Å². The second-order valence-corrected chi connectivity index (χ2v) is 5.37. The Hall–Kier alpha value is -2.16. The molecule has 0 aliphatic carbocycles. The molecule has 0 fully saturated rings. The maximum atomic E-state index is 5.36. The Morgan fingerprint density at radius 1 is 0.810 bits per heavy atom. The summed E-state index contributed by atoms with van der Waals surface area (Å²) in [6, 6.07) is 10.6. The number of nitrogens with one attached hydrogen (secondary N) is 1. The van der Waals surface area contributed by atoms with Crippen molar-refractivity contribution in [2.45, 2.75) is 27.3 Å². The predicted octanol–water partition coefficient (Wildman–Crippen LogP) is 4.24. The van der Waals surface area contributed by atoms with E-state index in [1.807, 2.05) is 12.1 Å². The molecular weight excluding hydrogens is 262 g/mol. The van der Waals surface area contributed by atoms with Gasteiger partial charge in [0.25, 0.3) is 0 Å². The minimum atomic E-state index is 0.742. The van der Waals surface area contributed by atoms with E-state index in [-0.39, 0.29) is 0 Å². The zero-order valence-electron chi connectivity index (χ0n) is 13.4. The molecular formula is C18H23NO2. The molecule has 2 rings (SSSR count). The molecule has 0 amide bonds. The van der Waals surface area contributed by atoms with Crippen molar-refractivity contribution in [3.05, 3.63) is 52.6 Å². The van der Waals surface area contributed by atoms with Crippen LogP contribution in [0, 0.1) is 20.8 Å². The number of ether oxygens (including phenoxy) is 2. The molecule has 2 aromatic rings. The second-order valence-electron chi connectivity index (χ2n) is 5.37. The Balaban J connectivity index is 2.19. The van der Waals surface area contributed by atoms with E-state index >= 15 is 0 Å². The number of aryl methyl sites for hydroxylation is 3. The summed E-state index contributed by atoms with van der Waals surface area (Å²) in [5, 5.41) is 3.47. The van der Waals surface area contributed by atoms with Gasteiger partial charge in [-0.3, -0.25) is 0 Å². The van der Waals surface area contributed by atoms with Gasteiger partial charge in [0.15, 0.2) is 11.5 Å². The molecule has 0 aliphatic rings. The maximum Gasteiger partial charge on any atom is 0.162 e. The number of benzene rings is 2. The van der Waals surface area contributed by atoms with E-state index in [1.54, 1.807) is 14.2 Å². The first-order chi connectivity index (χ1) is 10.0. The zero-order valence-corrected chi connectivity index (χ0v) is 13.4. The molecule has 0 unspecified atom stereocenters. The largest absolute Gasteiger partial charge is 0.493 e. The van der Waals surface area contributed by atoms with Gasteiger partial charge in [-0.25, -0.2) is 0 Å². The Morgan fingerprint density at radius 2 is 1.38 bits per heavy atom. The molecule has 0 spiro atoms. The molecule has 0 aliphatic heterocycles. The summed E-state index contributed by atoms with van der Waals surface area (Å²) < 4.78 is 10.7. The number of hydrogen-bond donors (Lipinski definition) is 1. The van der Waals surface area contributed by atoms with Gasteiger partial charge in [-0.2, -0.15) is 0 Å². The summed E-state index contributed by atoms with van der Waals surface area (Å²) in [6.45, 7) is 7.10. The Kier molecular flexibility index (Phi) is 4.73. The van der Waals surface area contributed by atoms with Crippen molar-refractivity contribution in [1.29, 1.82) is 0 Å². The lowest BCUT2D eigenvalue weighted by Crippen LogP contribution is -2.03. The first-order valence-corrected chi connectivity index (χ1v) is 7.07. The molecule has 0 bridgehead atoms. The summed E-state index contributed by atoms with van der Waals surface area (Å²) in [7, 11) is 3.31. The molecule has 3 nitrogen and oxygen atoms in total. The number of anilines is 1. The van der Waals surface area contributed by atoms with Gasteiger partial charge in [0.1, 0.15) is 0 Å². The number of rotatable bonds is 5. The summed E-state index contributed by atoms with van der Waals surface area (Å²) in [5.41, 5.74) is 6.05. The molecule has 3 heteroatoms. The van der Waals surface area contributed by atoms with E-state index in [1.165, 1.54) is 16.7 Å². The second kappa shape index (κ2) is 6.53. The molecule has 0 atom stereocenters. The topological polar surface area (TPSA) is 30.5 Å². The van der Waals surface area contributed by atoms with Gasteiger partial charge in [0.2, 0.25) is 0 Å². The predicted molar refractivity (Wildman–Crippen MR) is 87.5 cm³/mol. The molecule has 2 aromatic carbocycles. The summed E-state index contributed by atoms with van der Waals surface area (Å²) in [5.74, 6) is 1.50. The van der Waals surface area contributed by atoms with E-state index in [4.69, 9.17) is 9.47 Å². The van der Waals surface area contributed by atoms with Gasteiger partial charge < -0.3 is 14.8 Å². The highest BCUT2D eigenvalue weighted by Crippen LogP contribution is 2.33. The Bertz CT molecular complexity index is 615. The molecule has 0 saturated carbocycles. The summed E-state index contributed by atoms with van der Waals surface area (Å²) in [4.78, 5) is 0. The number of methoxy groups -OCH3 is 2. The van der Waals surface area contributed by atoms with Crippen LogP contribution in [0.5, 0.6) is 11.5 Å². The minimum absolute atomic E-state index is 0.742. The number of hydrogen-bond acceptors (Lipinski definition) is 3. The van der Waals surface area contributed by atoms with E-state index in [2.05, 4.69) is 44.3 Å². The van der Waals surface area contributed by atoms with E-state index in [0.29, 0.717) is 0 Å². The zero-order chi connectivity index (χ0) is 15.4. The van der Waals surface area contributed by atoms with E-state index in [9.17, 15) is 0 Å². The molecule has 0 radical (unpaired) electrons. The van der Waals surface area contributed by atoms with Crippen molar-refractivity contribution in [1.82, 2.24) is 0 Å². The van der Waals surface area contributed by atoms with E-state index < -0.39 is 0 Å².